The van der Waals surface area contributed by atoms with Crippen molar-refractivity contribution in [1.29, 1.82) is 0 Å². The van der Waals surface area contributed by atoms with E-state index in [0.717, 1.165) is 10.0 Å². The molecule has 0 fully saturated rings. The van der Waals surface area contributed by atoms with E-state index in [0.29, 0.717) is 24.6 Å². The summed E-state index contributed by atoms with van der Waals surface area (Å²) in [5.74, 6) is 0.582. The third-order valence-electron chi connectivity index (χ3n) is 2.87. The molecule has 2 nitrogen and oxygen atoms in total. The monoisotopic (exact) mass is 351 g/mol. The van der Waals surface area contributed by atoms with Crippen LogP contribution in [0.15, 0.2) is 28.7 Å². The van der Waals surface area contributed by atoms with Crippen molar-refractivity contribution in [3.8, 4) is 0 Å². The molecule has 0 radical (unpaired) electrons. The van der Waals surface area contributed by atoms with Crippen LogP contribution in [0.5, 0.6) is 0 Å². The van der Waals surface area contributed by atoms with Gasteiger partial charge in [-0.15, -0.1) is 23.2 Å². The zero-order valence-electron chi connectivity index (χ0n) is 10.2. The standard InChI is InChI=1S/C13H16BrCl2NO/c1-2-13(8-15,9-16)17-12(18)7-10-3-5-11(14)6-4-10/h3-6H,2,7-9H2,1H3,(H,17,18). The molecule has 1 N–H and O–H groups in total. The summed E-state index contributed by atoms with van der Waals surface area (Å²) in [4.78, 5) is 11.9. The lowest BCUT2D eigenvalue weighted by Crippen LogP contribution is -2.51. The average molecular weight is 353 g/mol. The summed E-state index contributed by atoms with van der Waals surface area (Å²) >= 11 is 15.1. The van der Waals surface area contributed by atoms with Crippen molar-refractivity contribution in [2.24, 2.45) is 0 Å². The number of amides is 1. The topological polar surface area (TPSA) is 29.1 Å². The highest BCUT2D eigenvalue weighted by atomic mass is 79.9. The van der Waals surface area contributed by atoms with E-state index in [1.54, 1.807) is 0 Å². The Hall–Kier alpha value is -0.250. The van der Waals surface area contributed by atoms with E-state index < -0.39 is 5.54 Å². The molecule has 0 bridgehead atoms. The quantitative estimate of drug-likeness (QED) is 0.776. The second kappa shape index (κ2) is 7.37. The second-order valence-electron chi connectivity index (χ2n) is 4.25. The molecule has 5 heteroatoms. The molecular formula is C13H16BrCl2NO. The van der Waals surface area contributed by atoms with Crippen molar-refractivity contribution in [2.45, 2.75) is 25.3 Å². The SMILES string of the molecule is CCC(CCl)(CCl)NC(=O)Cc1ccc(Br)cc1. The Kier molecular flexibility index (Phi) is 6.47. The average Bonchev–Trinajstić information content (AvgIpc) is 2.39. The van der Waals surface area contributed by atoms with Crippen molar-refractivity contribution in [3.05, 3.63) is 34.3 Å². The Morgan fingerprint density at radius 2 is 1.83 bits per heavy atom. The molecule has 0 aliphatic rings. The lowest BCUT2D eigenvalue weighted by atomic mass is 10.0. The number of alkyl halides is 2. The molecule has 0 saturated heterocycles. The zero-order chi connectivity index (χ0) is 13.6. The van der Waals surface area contributed by atoms with E-state index in [9.17, 15) is 4.79 Å². The fourth-order valence-electron chi connectivity index (χ4n) is 1.51. The summed E-state index contributed by atoms with van der Waals surface area (Å²) in [6.45, 7) is 1.96. The Labute approximate surface area is 126 Å². The molecule has 0 aliphatic heterocycles. The predicted octanol–water partition coefficient (Wildman–Crippen LogP) is 3.73. The molecular weight excluding hydrogens is 337 g/mol. The highest BCUT2D eigenvalue weighted by Gasteiger charge is 2.27. The molecule has 0 atom stereocenters. The molecule has 0 aliphatic carbocycles. The van der Waals surface area contributed by atoms with Gasteiger partial charge in [0.25, 0.3) is 0 Å². The number of nitrogens with one attached hydrogen (secondary N) is 1. The van der Waals surface area contributed by atoms with Gasteiger partial charge in [-0.05, 0) is 24.1 Å². The van der Waals surface area contributed by atoms with Gasteiger partial charge in [0.05, 0.1) is 12.0 Å². The van der Waals surface area contributed by atoms with Gasteiger partial charge in [-0.25, -0.2) is 0 Å². The van der Waals surface area contributed by atoms with E-state index >= 15 is 0 Å². The molecule has 1 amide bonds. The number of hydrogen-bond acceptors (Lipinski definition) is 1. The maximum absolute atomic E-state index is 11.9. The van der Waals surface area contributed by atoms with Gasteiger partial charge >= 0.3 is 0 Å². The normalized spacial score (nSPS) is 11.3. The molecule has 1 aromatic rings. The fraction of sp³-hybridized carbons (Fsp3) is 0.462. The molecule has 18 heavy (non-hydrogen) atoms. The first kappa shape index (κ1) is 15.8. The fourth-order valence-corrected chi connectivity index (χ4v) is 2.57. The molecule has 0 unspecified atom stereocenters. The van der Waals surface area contributed by atoms with Gasteiger partial charge in [-0.1, -0.05) is 35.0 Å². The Morgan fingerprint density at radius 1 is 1.28 bits per heavy atom. The summed E-state index contributed by atoms with van der Waals surface area (Å²) in [6, 6.07) is 7.66. The summed E-state index contributed by atoms with van der Waals surface area (Å²) in [6.07, 6.45) is 1.05. The van der Waals surface area contributed by atoms with Gasteiger partial charge in [0.1, 0.15) is 0 Å². The minimum atomic E-state index is -0.504. The first-order valence-electron chi connectivity index (χ1n) is 5.72. The van der Waals surface area contributed by atoms with E-state index in [1.165, 1.54) is 0 Å². The van der Waals surface area contributed by atoms with Crippen molar-refractivity contribution in [2.75, 3.05) is 11.8 Å². The van der Waals surface area contributed by atoms with Crippen LogP contribution >= 0.6 is 39.1 Å². The number of carbonyl (C=O) groups is 1. The third kappa shape index (κ3) is 4.45. The maximum Gasteiger partial charge on any atom is 0.224 e. The van der Waals surface area contributed by atoms with E-state index in [-0.39, 0.29) is 5.91 Å². The van der Waals surface area contributed by atoms with Crippen LogP contribution < -0.4 is 5.32 Å². The Morgan fingerprint density at radius 3 is 2.28 bits per heavy atom. The van der Waals surface area contributed by atoms with Gasteiger partial charge in [0.2, 0.25) is 5.91 Å². The summed E-state index contributed by atoms with van der Waals surface area (Å²) < 4.78 is 0.996. The lowest BCUT2D eigenvalue weighted by molar-refractivity contribution is -0.122. The molecule has 1 rings (SSSR count). The predicted molar refractivity (Wildman–Crippen MR) is 80.5 cm³/mol. The van der Waals surface area contributed by atoms with Crippen molar-refractivity contribution < 1.29 is 4.79 Å². The zero-order valence-corrected chi connectivity index (χ0v) is 13.3. The van der Waals surface area contributed by atoms with Gasteiger partial charge in [0.15, 0.2) is 0 Å². The highest BCUT2D eigenvalue weighted by Crippen LogP contribution is 2.16. The Bertz CT molecular complexity index is 382. The maximum atomic E-state index is 11.9. The Balaban J connectivity index is 2.63. The highest BCUT2D eigenvalue weighted by molar-refractivity contribution is 9.10. The van der Waals surface area contributed by atoms with Gasteiger partial charge < -0.3 is 5.32 Å². The van der Waals surface area contributed by atoms with Crippen LogP contribution in [-0.4, -0.2) is 23.2 Å². The lowest BCUT2D eigenvalue weighted by Gasteiger charge is -2.29. The summed E-state index contributed by atoms with van der Waals surface area (Å²) in [5, 5.41) is 2.93. The minimum absolute atomic E-state index is 0.0551. The van der Waals surface area contributed by atoms with E-state index in [4.69, 9.17) is 23.2 Å². The van der Waals surface area contributed by atoms with Gasteiger partial charge in [0, 0.05) is 16.2 Å². The van der Waals surface area contributed by atoms with Crippen LogP contribution in [0.25, 0.3) is 0 Å². The second-order valence-corrected chi connectivity index (χ2v) is 5.70. The molecule has 0 heterocycles. The van der Waals surface area contributed by atoms with Crippen molar-refractivity contribution in [3.63, 3.8) is 0 Å². The van der Waals surface area contributed by atoms with Gasteiger partial charge in [-0.3, -0.25) is 4.79 Å². The van der Waals surface area contributed by atoms with E-state index in [1.807, 2.05) is 31.2 Å². The number of benzene rings is 1. The number of hydrogen-bond donors (Lipinski definition) is 1. The largest absolute Gasteiger partial charge is 0.348 e. The molecule has 1 aromatic carbocycles. The van der Waals surface area contributed by atoms with Crippen LogP contribution in [0.1, 0.15) is 18.9 Å². The van der Waals surface area contributed by atoms with Crippen molar-refractivity contribution >= 4 is 45.0 Å². The summed E-state index contributed by atoms with van der Waals surface area (Å²) in [7, 11) is 0. The number of rotatable bonds is 6. The third-order valence-corrected chi connectivity index (χ3v) is 4.42. The van der Waals surface area contributed by atoms with Crippen LogP contribution in [0, 0.1) is 0 Å². The van der Waals surface area contributed by atoms with Crippen LogP contribution in [0.3, 0.4) is 0 Å². The first-order valence-corrected chi connectivity index (χ1v) is 7.59. The van der Waals surface area contributed by atoms with Crippen molar-refractivity contribution in [1.82, 2.24) is 5.32 Å². The first-order chi connectivity index (χ1) is 8.55. The molecule has 100 valence electrons. The van der Waals surface area contributed by atoms with Crippen LogP contribution in [-0.2, 0) is 11.2 Å². The smallest absolute Gasteiger partial charge is 0.224 e. The molecule has 0 spiro atoms. The minimum Gasteiger partial charge on any atom is -0.348 e. The number of carbonyl (C=O) groups excluding carboxylic acids is 1. The van der Waals surface area contributed by atoms with Gasteiger partial charge in [-0.2, -0.15) is 0 Å². The molecule has 0 aromatic heterocycles. The van der Waals surface area contributed by atoms with E-state index in [2.05, 4.69) is 21.2 Å². The summed E-state index contributed by atoms with van der Waals surface area (Å²) in [5.41, 5.74) is 0.458. The van der Waals surface area contributed by atoms with Crippen LogP contribution in [0.4, 0.5) is 0 Å². The van der Waals surface area contributed by atoms with Crippen LogP contribution in [0.2, 0.25) is 0 Å². The molecule has 0 saturated carbocycles. The number of halogens is 3.